The second kappa shape index (κ2) is 5.90. The van der Waals surface area contributed by atoms with Crippen molar-refractivity contribution in [3.63, 3.8) is 0 Å². The first-order valence-corrected chi connectivity index (χ1v) is 6.41. The molecule has 2 rings (SSSR count). The van der Waals surface area contributed by atoms with Gasteiger partial charge >= 0.3 is 5.97 Å². The van der Waals surface area contributed by atoms with E-state index in [1.807, 2.05) is 0 Å². The molecule has 0 aromatic heterocycles. The molecule has 0 bridgehead atoms. The summed E-state index contributed by atoms with van der Waals surface area (Å²) in [5.74, 6) is -1.89. The lowest BCUT2D eigenvalue weighted by Gasteiger charge is -2.37. The van der Waals surface area contributed by atoms with Gasteiger partial charge in [-0.25, -0.2) is 4.39 Å². The standard InChI is InChI=1S/C14H16FNO4/c15-10-4-1-2-5-11(10)20-8-12(17)16-9-14(13(18)19)6-3-7-14/h1-2,4-5H,3,6-9H2,(H,16,17)(H,18,19). The quantitative estimate of drug-likeness (QED) is 0.830. The SMILES string of the molecule is O=C(COc1ccccc1F)NCC1(C(=O)O)CCC1. The highest BCUT2D eigenvalue weighted by atomic mass is 19.1. The van der Waals surface area contributed by atoms with E-state index in [9.17, 15) is 14.0 Å². The third-order valence-electron chi connectivity index (χ3n) is 3.58. The van der Waals surface area contributed by atoms with E-state index in [0.29, 0.717) is 12.8 Å². The molecule has 5 nitrogen and oxygen atoms in total. The molecule has 0 spiro atoms. The molecule has 108 valence electrons. The van der Waals surface area contributed by atoms with Crippen molar-refractivity contribution in [3.8, 4) is 5.75 Å². The number of nitrogens with one attached hydrogen (secondary N) is 1. The Morgan fingerprint density at radius 1 is 1.35 bits per heavy atom. The number of carboxylic acid groups (broad SMARTS) is 1. The topological polar surface area (TPSA) is 75.6 Å². The van der Waals surface area contributed by atoms with Crippen LogP contribution in [0.3, 0.4) is 0 Å². The van der Waals surface area contributed by atoms with Crippen molar-refractivity contribution < 1.29 is 23.8 Å². The van der Waals surface area contributed by atoms with E-state index in [4.69, 9.17) is 9.84 Å². The van der Waals surface area contributed by atoms with Gasteiger partial charge in [-0.3, -0.25) is 9.59 Å². The minimum atomic E-state index is -0.890. The van der Waals surface area contributed by atoms with Gasteiger partial charge in [0.1, 0.15) is 0 Å². The summed E-state index contributed by atoms with van der Waals surface area (Å²) in [6.45, 7) is -0.252. The molecule has 0 unspecified atom stereocenters. The van der Waals surface area contributed by atoms with Crippen molar-refractivity contribution in [2.45, 2.75) is 19.3 Å². The van der Waals surface area contributed by atoms with Gasteiger partial charge in [0.25, 0.3) is 5.91 Å². The van der Waals surface area contributed by atoms with Crippen LogP contribution in [0.2, 0.25) is 0 Å². The molecule has 0 aliphatic heterocycles. The molecule has 1 aromatic carbocycles. The molecular weight excluding hydrogens is 265 g/mol. The minimum absolute atomic E-state index is 0.000702. The van der Waals surface area contributed by atoms with Gasteiger partial charge in [-0.1, -0.05) is 18.6 Å². The van der Waals surface area contributed by atoms with Gasteiger partial charge in [0.15, 0.2) is 18.2 Å². The third kappa shape index (κ3) is 3.07. The molecule has 0 radical (unpaired) electrons. The van der Waals surface area contributed by atoms with Crippen molar-refractivity contribution in [2.75, 3.05) is 13.2 Å². The Kier molecular flexibility index (Phi) is 4.22. The predicted octanol–water partition coefficient (Wildman–Crippen LogP) is 1.58. The van der Waals surface area contributed by atoms with Gasteiger partial charge < -0.3 is 15.2 Å². The van der Waals surface area contributed by atoms with Crippen molar-refractivity contribution in [1.82, 2.24) is 5.32 Å². The summed E-state index contributed by atoms with van der Waals surface area (Å²) in [5, 5.41) is 11.6. The maximum Gasteiger partial charge on any atom is 0.311 e. The monoisotopic (exact) mass is 281 g/mol. The fraction of sp³-hybridized carbons (Fsp3) is 0.429. The molecule has 2 N–H and O–H groups in total. The molecule has 1 aromatic rings. The Balaban J connectivity index is 1.79. The van der Waals surface area contributed by atoms with Gasteiger partial charge in [0.2, 0.25) is 0 Å². The van der Waals surface area contributed by atoms with E-state index < -0.39 is 23.1 Å². The zero-order chi connectivity index (χ0) is 14.6. The first-order chi connectivity index (χ1) is 9.53. The molecule has 20 heavy (non-hydrogen) atoms. The lowest BCUT2D eigenvalue weighted by atomic mass is 9.69. The van der Waals surface area contributed by atoms with Crippen LogP contribution in [0.25, 0.3) is 0 Å². The number of benzene rings is 1. The first-order valence-electron chi connectivity index (χ1n) is 6.41. The number of hydrogen-bond acceptors (Lipinski definition) is 3. The van der Waals surface area contributed by atoms with Crippen LogP contribution in [-0.2, 0) is 9.59 Å². The van der Waals surface area contributed by atoms with Crippen LogP contribution in [-0.4, -0.2) is 30.1 Å². The van der Waals surface area contributed by atoms with Gasteiger partial charge in [0, 0.05) is 6.54 Å². The normalized spacial score (nSPS) is 16.1. The summed E-state index contributed by atoms with van der Waals surface area (Å²) in [7, 11) is 0. The molecule has 6 heteroatoms. The van der Waals surface area contributed by atoms with Crippen molar-refractivity contribution in [1.29, 1.82) is 0 Å². The van der Waals surface area contributed by atoms with Crippen LogP contribution >= 0.6 is 0 Å². The molecule has 0 atom stereocenters. The molecule has 0 heterocycles. The average Bonchev–Trinajstić information content (AvgIpc) is 2.36. The molecule has 1 fully saturated rings. The van der Waals surface area contributed by atoms with Crippen LogP contribution in [0.4, 0.5) is 4.39 Å². The minimum Gasteiger partial charge on any atom is -0.481 e. The zero-order valence-corrected chi connectivity index (χ0v) is 10.9. The number of hydrogen-bond donors (Lipinski definition) is 2. The summed E-state index contributed by atoms with van der Waals surface area (Å²) in [5.41, 5.74) is -0.840. The molecule has 1 aliphatic carbocycles. The number of halogens is 1. The number of carbonyl (C=O) groups is 2. The predicted molar refractivity (Wildman–Crippen MR) is 68.8 cm³/mol. The second-order valence-electron chi connectivity index (χ2n) is 4.93. The van der Waals surface area contributed by atoms with Crippen LogP contribution in [0.5, 0.6) is 5.75 Å². The lowest BCUT2D eigenvalue weighted by molar-refractivity contribution is -0.154. The Morgan fingerprint density at radius 3 is 2.60 bits per heavy atom. The number of aliphatic carboxylic acids is 1. The smallest absolute Gasteiger partial charge is 0.311 e. The summed E-state index contributed by atoms with van der Waals surface area (Å²) in [6.07, 6.45) is 1.99. The average molecular weight is 281 g/mol. The van der Waals surface area contributed by atoms with Gasteiger partial charge in [-0.2, -0.15) is 0 Å². The summed E-state index contributed by atoms with van der Waals surface area (Å²) >= 11 is 0. The summed E-state index contributed by atoms with van der Waals surface area (Å²) in [4.78, 5) is 22.7. The van der Waals surface area contributed by atoms with Crippen molar-refractivity contribution in [3.05, 3.63) is 30.1 Å². The van der Waals surface area contributed by atoms with E-state index in [2.05, 4.69) is 5.32 Å². The highest BCUT2D eigenvalue weighted by Gasteiger charge is 2.44. The van der Waals surface area contributed by atoms with Crippen molar-refractivity contribution in [2.24, 2.45) is 5.41 Å². The number of para-hydroxylation sites is 1. The van der Waals surface area contributed by atoms with E-state index in [0.717, 1.165) is 6.42 Å². The Labute approximate surface area is 115 Å². The summed E-state index contributed by atoms with van der Waals surface area (Å²) < 4.78 is 18.3. The number of amides is 1. The van der Waals surface area contributed by atoms with E-state index >= 15 is 0 Å². The largest absolute Gasteiger partial charge is 0.481 e. The van der Waals surface area contributed by atoms with Crippen molar-refractivity contribution >= 4 is 11.9 Å². The van der Waals surface area contributed by atoms with Crippen LogP contribution in [0.1, 0.15) is 19.3 Å². The Morgan fingerprint density at radius 2 is 2.05 bits per heavy atom. The van der Waals surface area contributed by atoms with Crippen LogP contribution < -0.4 is 10.1 Å². The van der Waals surface area contributed by atoms with Gasteiger partial charge in [-0.15, -0.1) is 0 Å². The number of ether oxygens (including phenoxy) is 1. The van der Waals surface area contributed by atoms with Gasteiger partial charge in [-0.05, 0) is 25.0 Å². The maximum absolute atomic E-state index is 13.3. The third-order valence-corrected chi connectivity index (χ3v) is 3.58. The highest BCUT2D eigenvalue weighted by Crippen LogP contribution is 2.40. The van der Waals surface area contributed by atoms with E-state index in [1.54, 1.807) is 6.07 Å². The van der Waals surface area contributed by atoms with E-state index in [-0.39, 0.29) is 18.9 Å². The molecular formula is C14H16FNO4. The number of carboxylic acids is 1. The molecule has 1 aliphatic rings. The van der Waals surface area contributed by atoms with E-state index in [1.165, 1.54) is 18.2 Å². The Bertz CT molecular complexity index is 514. The fourth-order valence-electron chi connectivity index (χ4n) is 2.09. The van der Waals surface area contributed by atoms with Crippen LogP contribution in [0.15, 0.2) is 24.3 Å². The van der Waals surface area contributed by atoms with Gasteiger partial charge in [0.05, 0.1) is 5.41 Å². The number of carbonyl (C=O) groups excluding carboxylic acids is 1. The highest BCUT2D eigenvalue weighted by molar-refractivity contribution is 5.80. The molecule has 0 saturated heterocycles. The van der Waals surface area contributed by atoms with Crippen LogP contribution in [0, 0.1) is 11.2 Å². The molecule has 1 saturated carbocycles. The zero-order valence-electron chi connectivity index (χ0n) is 10.9. The second-order valence-corrected chi connectivity index (χ2v) is 4.93. The lowest BCUT2D eigenvalue weighted by Crippen LogP contribution is -2.48. The summed E-state index contributed by atoms with van der Waals surface area (Å²) in [6, 6.07) is 5.79. The number of rotatable bonds is 6. The Hall–Kier alpha value is -2.11. The molecule has 1 amide bonds. The maximum atomic E-state index is 13.3. The fourth-order valence-corrected chi connectivity index (χ4v) is 2.09. The first kappa shape index (κ1) is 14.3.